The van der Waals surface area contributed by atoms with Crippen molar-refractivity contribution < 1.29 is 4.79 Å². The topological polar surface area (TPSA) is 66.0 Å². The zero-order chi connectivity index (χ0) is 19.4. The average Bonchev–Trinajstić information content (AvgIpc) is 3.29. The summed E-state index contributed by atoms with van der Waals surface area (Å²) in [5.74, 6) is 1.93. The van der Waals surface area contributed by atoms with E-state index in [1.54, 1.807) is 6.20 Å². The Labute approximate surface area is 171 Å². The first-order valence-electron chi connectivity index (χ1n) is 10.8. The molecule has 29 heavy (non-hydrogen) atoms. The summed E-state index contributed by atoms with van der Waals surface area (Å²) in [5, 5.41) is 3.12. The third-order valence-corrected chi connectivity index (χ3v) is 7.67. The monoisotopic (exact) mass is 386 g/mol. The van der Waals surface area contributed by atoms with E-state index >= 15 is 0 Å². The van der Waals surface area contributed by atoms with Crippen molar-refractivity contribution in [1.29, 1.82) is 0 Å². The molecule has 3 N–H and O–H groups in total. The quantitative estimate of drug-likeness (QED) is 0.758. The molecule has 1 aromatic carbocycles. The summed E-state index contributed by atoms with van der Waals surface area (Å²) in [6.07, 6.45) is 12.7. The number of pyridine rings is 1. The highest BCUT2D eigenvalue weighted by atomic mass is 16.2. The predicted octanol–water partition coefficient (Wildman–Crippen LogP) is 3.27. The Balaban J connectivity index is 1.15. The van der Waals surface area contributed by atoms with Crippen molar-refractivity contribution in [2.24, 2.45) is 17.8 Å². The molecule has 4 unspecified atom stereocenters. The van der Waals surface area contributed by atoms with E-state index in [1.165, 1.54) is 18.4 Å². The standard InChI is InChI=1S/C24H26N4O/c29-23-24(18-5-1-2-6-21(18)26-23)13-19(24)16-8-9-17-20(27-28-22(17)12-16)10-7-15-4-3-11-25-14-15/h1-7,10-11,14,16-17,19-20,22,27-28H,8-9,12-13H2,(H,26,29)/b10-7+/t16?,17?,19-,20?,22?,24-/m1/s1. The van der Waals surface area contributed by atoms with Gasteiger partial charge in [0.2, 0.25) is 5.91 Å². The van der Waals surface area contributed by atoms with Crippen LogP contribution in [0.25, 0.3) is 6.08 Å². The van der Waals surface area contributed by atoms with E-state index in [4.69, 9.17) is 0 Å². The maximum atomic E-state index is 12.8. The van der Waals surface area contributed by atoms with Crippen LogP contribution >= 0.6 is 0 Å². The number of benzene rings is 1. The SMILES string of the molecule is O=C1Nc2ccccc2[C@@]12C[C@@H]2C1CCC2C(/C=C/c3cccnc3)NNC2C1. The zero-order valence-corrected chi connectivity index (χ0v) is 16.3. The van der Waals surface area contributed by atoms with Crippen LogP contribution in [0, 0.1) is 17.8 Å². The molecule has 2 saturated carbocycles. The molecule has 2 aliphatic carbocycles. The number of nitrogens with zero attached hydrogens (tertiary/aromatic N) is 1. The smallest absolute Gasteiger partial charge is 0.235 e. The summed E-state index contributed by atoms with van der Waals surface area (Å²) in [7, 11) is 0. The van der Waals surface area contributed by atoms with E-state index < -0.39 is 0 Å². The van der Waals surface area contributed by atoms with Gasteiger partial charge < -0.3 is 5.32 Å². The van der Waals surface area contributed by atoms with Crippen LogP contribution in [-0.4, -0.2) is 23.0 Å². The van der Waals surface area contributed by atoms with E-state index in [-0.39, 0.29) is 11.3 Å². The summed E-state index contributed by atoms with van der Waals surface area (Å²) >= 11 is 0. The van der Waals surface area contributed by atoms with Crippen molar-refractivity contribution in [3.05, 3.63) is 66.0 Å². The van der Waals surface area contributed by atoms with Crippen LogP contribution < -0.4 is 16.2 Å². The number of carbonyl (C=O) groups is 1. The summed E-state index contributed by atoms with van der Waals surface area (Å²) < 4.78 is 0. The highest BCUT2D eigenvalue weighted by Crippen LogP contribution is 2.64. The lowest BCUT2D eigenvalue weighted by Gasteiger charge is -2.33. The van der Waals surface area contributed by atoms with Gasteiger partial charge in [-0.2, -0.15) is 0 Å². The second-order valence-corrected chi connectivity index (χ2v) is 9.09. The van der Waals surface area contributed by atoms with Crippen molar-refractivity contribution >= 4 is 17.7 Å². The molecule has 2 aromatic rings. The molecule has 6 atom stereocenters. The number of anilines is 1. The minimum absolute atomic E-state index is 0.223. The van der Waals surface area contributed by atoms with Crippen molar-refractivity contribution in [2.45, 2.75) is 43.2 Å². The van der Waals surface area contributed by atoms with Crippen LogP contribution in [0.5, 0.6) is 0 Å². The number of hydrazine groups is 1. The third-order valence-electron chi connectivity index (χ3n) is 7.67. The van der Waals surface area contributed by atoms with Crippen molar-refractivity contribution in [2.75, 3.05) is 5.32 Å². The lowest BCUT2D eigenvalue weighted by Crippen LogP contribution is -2.37. The van der Waals surface area contributed by atoms with Crippen LogP contribution in [0.3, 0.4) is 0 Å². The lowest BCUT2D eigenvalue weighted by atomic mass is 9.73. The van der Waals surface area contributed by atoms with E-state index in [0.29, 0.717) is 29.8 Å². The minimum Gasteiger partial charge on any atom is -0.325 e. The number of hydrogen-bond acceptors (Lipinski definition) is 4. The summed E-state index contributed by atoms with van der Waals surface area (Å²) in [5.41, 5.74) is 10.2. The number of rotatable bonds is 3. The van der Waals surface area contributed by atoms with Crippen molar-refractivity contribution in [3.8, 4) is 0 Å². The molecule has 5 heteroatoms. The molecule has 1 saturated heterocycles. The molecular formula is C24H26N4O. The van der Waals surface area contributed by atoms with Gasteiger partial charge in [-0.25, -0.2) is 0 Å². The Morgan fingerprint density at radius 1 is 1.10 bits per heavy atom. The number of aromatic nitrogens is 1. The van der Waals surface area contributed by atoms with Gasteiger partial charge in [-0.05, 0) is 66.7 Å². The summed E-state index contributed by atoms with van der Waals surface area (Å²) in [6, 6.07) is 13.1. The summed E-state index contributed by atoms with van der Waals surface area (Å²) in [6.45, 7) is 0. The van der Waals surface area contributed by atoms with Gasteiger partial charge in [0.1, 0.15) is 0 Å². The highest BCUT2D eigenvalue weighted by Gasteiger charge is 2.67. The highest BCUT2D eigenvalue weighted by molar-refractivity contribution is 6.08. The van der Waals surface area contributed by atoms with Gasteiger partial charge >= 0.3 is 0 Å². The van der Waals surface area contributed by atoms with Gasteiger partial charge in [-0.15, -0.1) is 0 Å². The van der Waals surface area contributed by atoms with E-state index in [9.17, 15) is 4.79 Å². The van der Waals surface area contributed by atoms with E-state index in [0.717, 1.165) is 24.1 Å². The first-order valence-corrected chi connectivity index (χ1v) is 10.8. The Morgan fingerprint density at radius 3 is 2.93 bits per heavy atom. The number of fused-ring (bicyclic) bond motifs is 3. The number of hydrogen-bond donors (Lipinski definition) is 3. The fourth-order valence-corrected chi connectivity index (χ4v) is 6.14. The van der Waals surface area contributed by atoms with Crippen LogP contribution in [0.4, 0.5) is 5.69 Å². The average molecular weight is 386 g/mol. The van der Waals surface area contributed by atoms with Gasteiger partial charge in [-0.3, -0.25) is 20.6 Å². The Morgan fingerprint density at radius 2 is 2.03 bits per heavy atom. The molecule has 5 nitrogen and oxygen atoms in total. The molecule has 1 aromatic heterocycles. The molecule has 2 aliphatic heterocycles. The maximum Gasteiger partial charge on any atom is 0.235 e. The molecule has 4 aliphatic rings. The molecule has 3 heterocycles. The predicted molar refractivity (Wildman–Crippen MR) is 113 cm³/mol. The van der Waals surface area contributed by atoms with Gasteiger partial charge in [-0.1, -0.05) is 36.4 Å². The normalized spacial score (nSPS) is 37.5. The molecule has 0 radical (unpaired) electrons. The first-order chi connectivity index (χ1) is 14.3. The van der Waals surface area contributed by atoms with Gasteiger partial charge in [0.15, 0.2) is 0 Å². The maximum absolute atomic E-state index is 12.8. The largest absolute Gasteiger partial charge is 0.325 e. The van der Waals surface area contributed by atoms with E-state index in [1.807, 2.05) is 24.4 Å². The lowest BCUT2D eigenvalue weighted by molar-refractivity contribution is -0.118. The van der Waals surface area contributed by atoms with Crippen LogP contribution in [0.15, 0.2) is 54.9 Å². The van der Waals surface area contributed by atoms with Gasteiger partial charge in [0, 0.05) is 30.2 Å². The van der Waals surface area contributed by atoms with Crippen molar-refractivity contribution in [1.82, 2.24) is 15.8 Å². The second-order valence-electron chi connectivity index (χ2n) is 9.09. The van der Waals surface area contributed by atoms with E-state index in [2.05, 4.69) is 51.5 Å². The zero-order valence-electron chi connectivity index (χ0n) is 16.3. The second kappa shape index (κ2) is 6.51. The van der Waals surface area contributed by atoms with Gasteiger partial charge in [0.25, 0.3) is 0 Å². The molecule has 148 valence electrons. The van der Waals surface area contributed by atoms with Crippen LogP contribution in [0.2, 0.25) is 0 Å². The van der Waals surface area contributed by atoms with Crippen molar-refractivity contribution in [3.63, 3.8) is 0 Å². The first kappa shape index (κ1) is 17.4. The number of carbonyl (C=O) groups excluding carboxylic acids is 1. The minimum atomic E-state index is -0.250. The van der Waals surface area contributed by atoms with Gasteiger partial charge in [0.05, 0.1) is 5.41 Å². The summed E-state index contributed by atoms with van der Waals surface area (Å²) in [4.78, 5) is 17.0. The fraction of sp³-hybridized carbons (Fsp3) is 0.417. The number of nitrogens with one attached hydrogen (secondary N) is 3. The molecule has 6 rings (SSSR count). The molecular weight excluding hydrogens is 360 g/mol. The Bertz CT molecular complexity index is 974. The molecule has 1 spiro atoms. The Hall–Kier alpha value is -2.50. The number of amides is 1. The Kier molecular flexibility index (Phi) is 3.90. The molecule has 3 fully saturated rings. The number of para-hydroxylation sites is 1. The third kappa shape index (κ3) is 2.68. The fourth-order valence-electron chi connectivity index (χ4n) is 6.14. The van der Waals surface area contributed by atoms with Crippen LogP contribution in [0.1, 0.15) is 36.8 Å². The van der Waals surface area contributed by atoms with Crippen LogP contribution in [-0.2, 0) is 10.2 Å². The molecule has 0 bridgehead atoms. The molecule has 1 amide bonds.